The zero-order valence-electron chi connectivity index (χ0n) is 12.6. The van der Waals surface area contributed by atoms with Gasteiger partial charge in [0.05, 0.1) is 0 Å². The zero-order valence-corrected chi connectivity index (χ0v) is 12.6. The zero-order chi connectivity index (χ0) is 15.8. The lowest BCUT2D eigenvalue weighted by Gasteiger charge is -2.19. The van der Waals surface area contributed by atoms with Gasteiger partial charge in [-0.3, -0.25) is 9.59 Å². The largest absolute Gasteiger partial charge is 0.331 e. The molecule has 0 spiro atoms. The molecular weight excluding hydrogens is 264 g/mol. The maximum absolute atomic E-state index is 12.4. The van der Waals surface area contributed by atoms with Crippen molar-refractivity contribution in [3.05, 3.63) is 55.1 Å². The fourth-order valence-corrected chi connectivity index (χ4v) is 1.75. The molecule has 1 N–H and O–H groups in total. The van der Waals surface area contributed by atoms with Crippen LogP contribution in [0.15, 0.2) is 49.6 Å². The third-order valence-corrected chi connectivity index (χ3v) is 2.89. The van der Waals surface area contributed by atoms with Crippen LogP contribution in [0.5, 0.6) is 0 Å². The first-order valence-electron chi connectivity index (χ1n) is 6.91. The summed E-state index contributed by atoms with van der Waals surface area (Å²) in [5.74, 6) is -0.300. The Morgan fingerprint density at radius 3 is 2.38 bits per heavy atom. The summed E-state index contributed by atoms with van der Waals surface area (Å²) in [6.07, 6.45) is 3.34. The van der Waals surface area contributed by atoms with E-state index in [9.17, 15) is 9.59 Å². The van der Waals surface area contributed by atoms with Gasteiger partial charge in [-0.15, -0.1) is 13.2 Å². The third kappa shape index (κ3) is 4.91. The molecule has 0 aromatic heterocycles. The highest BCUT2D eigenvalue weighted by Gasteiger charge is 2.14. The molecule has 4 nitrogen and oxygen atoms in total. The standard InChI is InChI=1S/C17H22N2O2/c1-5-10-19(11-6-2)17(21)14-8-7-9-15(12-14)18-16(20)13(3)4/h5-9,12-13H,1-2,10-11H2,3-4H3,(H,18,20). The van der Waals surface area contributed by atoms with E-state index in [1.165, 1.54) is 0 Å². The first-order valence-corrected chi connectivity index (χ1v) is 6.91. The second kappa shape index (κ2) is 8.04. The molecule has 1 aromatic rings. The lowest BCUT2D eigenvalue weighted by atomic mass is 10.1. The van der Waals surface area contributed by atoms with Gasteiger partial charge in [0.15, 0.2) is 0 Å². The van der Waals surface area contributed by atoms with Gasteiger partial charge in [-0.2, -0.15) is 0 Å². The van der Waals surface area contributed by atoms with Crippen LogP contribution in [-0.4, -0.2) is 29.8 Å². The van der Waals surface area contributed by atoms with Crippen LogP contribution >= 0.6 is 0 Å². The first-order chi connectivity index (χ1) is 9.99. The van der Waals surface area contributed by atoms with Crippen LogP contribution in [0.2, 0.25) is 0 Å². The molecule has 0 saturated heterocycles. The van der Waals surface area contributed by atoms with Gasteiger partial charge >= 0.3 is 0 Å². The summed E-state index contributed by atoms with van der Waals surface area (Å²) < 4.78 is 0. The number of carbonyl (C=O) groups excluding carboxylic acids is 2. The molecule has 0 atom stereocenters. The Hall–Kier alpha value is -2.36. The number of hydrogen-bond acceptors (Lipinski definition) is 2. The van der Waals surface area contributed by atoms with Gasteiger partial charge in [-0.25, -0.2) is 0 Å². The Bertz CT molecular complexity index is 525. The summed E-state index contributed by atoms with van der Waals surface area (Å²) in [4.78, 5) is 25.7. The van der Waals surface area contributed by atoms with E-state index in [1.807, 2.05) is 13.8 Å². The molecular formula is C17H22N2O2. The minimum Gasteiger partial charge on any atom is -0.331 e. The molecule has 0 heterocycles. The summed E-state index contributed by atoms with van der Waals surface area (Å²) in [7, 11) is 0. The van der Waals surface area contributed by atoms with Gasteiger partial charge in [0, 0.05) is 30.3 Å². The van der Waals surface area contributed by atoms with Crippen LogP contribution in [0.25, 0.3) is 0 Å². The maximum Gasteiger partial charge on any atom is 0.254 e. The predicted octanol–water partition coefficient (Wildman–Crippen LogP) is 3.10. The average molecular weight is 286 g/mol. The Kier molecular flexibility index (Phi) is 6.40. The van der Waals surface area contributed by atoms with Gasteiger partial charge < -0.3 is 10.2 Å². The Morgan fingerprint density at radius 1 is 1.24 bits per heavy atom. The van der Waals surface area contributed by atoms with Gasteiger partial charge in [-0.1, -0.05) is 32.1 Å². The van der Waals surface area contributed by atoms with E-state index in [2.05, 4.69) is 18.5 Å². The molecule has 0 saturated carbocycles. The molecule has 0 aliphatic rings. The highest BCUT2D eigenvalue weighted by atomic mass is 16.2. The van der Waals surface area contributed by atoms with Gasteiger partial charge in [-0.05, 0) is 18.2 Å². The van der Waals surface area contributed by atoms with Gasteiger partial charge in [0.2, 0.25) is 5.91 Å². The van der Waals surface area contributed by atoms with Crippen molar-refractivity contribution in [2.24, 2.45) is 5.92 Å². The van der Waals surface area contributed by atoms with E-state index in [0.717, 1.165) is 0 Å². The molecule has 0 aliphatic carbocycles. The van der Waals surface area contributed by atoms with E-state index in [4.69, 9.17) is 0 Å². The summed E-state index contributed by atoms with van der Waals surface area (Å²) in [6.45, 7) is 11.8. The Labute approximate surface area is 126 Å². The number of hydrogen-bond donors (Lipinski definition) is 1. The van der Waals surface area contributed by atoms with Crippen molar-refractivity contribution in [1.82, 2.24) is 4.90 Å². The average Bonchev–Trinajstić information content (AvgIpc) is 2.46. The second-order valence-electron chi connectivity index (χ2n) is 5.01. The van der Waals surface area contributed by atoms with Gasteiger partial charge in [0.1, 0.15) is 0 Å². The topological polar surface area (TPSA) is 49.4 Å². The molecule has 0 aliphatic heterocycles. The smallest absolute Gasteiger partial charge is 0.254 e. The van der Waals surface area contributed by atoms with E-state index in [-0.39, 0.29) is 17.7 Å². The number of nitrogens with one attached hydrogen (secondary N) is 1. The van der Waals surface area contributed by atoms with Crippen molar-refractivity contribution in [2.75, 3.05) is 18.4 Å². The van der Waals surface area contributed by atoms with Crippen LogP contribution in [0, 0.1) is 5.92 Å². The monoisotopic (exact) mass is 286 g/mol. The van der Waals surface area contributed by atoms with Crippen LogP contribution in [-0.2, 0) is 4.79 Å². The number of amides is 2. The normalized spacial score (nSPS) is 10.0. The number of anilines is 1. The SMILES string of the molecule is C=CCN(CC=C)C(=O)c1cccc(NC(=O)C(C)C)c1. The van der Waals surface area contributed by atoms with Crippen molar-refractivity contribution < 1.29 is 9.59 Å². The summed E-state index contributed by atoms with van der Waals surface area (Å²) in [5, 5.41) is 2.79. The summed E-state index contributed by atoms with van der Waals surface area (Å²) in [5.41, 5.74) is 1.15. The molecule has 4 heteroatoms. The fraction of sp³-hybridized carbons (Fsp3) is 0.294. The molecule has 21 heavy (non-hydrogen) atoms. The summed E-state index contributed by atoms with van der Waals surface area (Å²) >= 11 is 0. The third-order valence-electron chi connectivity index (χ3n) is 2.89. The molecule has 2 amide bonds. The van der Waals surface area contributed by atoms with Crippen molar-refractivity contribution in [1.29, 1.82) is 0 Å². The molecule has 0 unspecified atom stereocenters. The Morgan fingerprint density at radius 2 is 1.86 bits per heavy atom. The van der Waals surface area contributed by atoms with Crippen molar-refractivity contribution in [2.45, 2.75) is 13.8 Å². The van der Waals surface area contributed by atoms with E-state index in [0.29, 0.717) is 24.3 Å². The van der Waals surface area contributed by atoms with Crippen molar-refractivity contribution in [3.63, 3.8) is 0 Å². The van der Waals surface area contributed by atoms with Crippen LogP contribution in [0.1, 0.15) is 24.2 Å². The molecule has 112 valence electrons. The highest BCUT2D eigenvalue weighted by molar-refractivity contribution is 5.97. The molecule has 0 bridgehead atoms. The van der Waals surface area contributed by atoms with E-state index in [1.54, 1.807) is 41.3 Å². The molecule has 1 aromatic carbocycles. The van der Waals surface area contributed by atoms with Crippen molar-refractivity contribution >= 4 is 17.5 Å². The van der Waals surface area contributed by atoms with Crippen LogP contribution in [0.4, 0.5) is 5.69 Å². The van der Waals surface area contributed by atoms with Crippen LogP contribution in [0.3, 0.4) is 0 Å². The molecule has 1 rings (SSSR count). The predicted molar refractivity (Wildman–Crippen MR) is 86.2 cm³/mol. The number of nitrogens with zero attached hydrogens (tertiary/aromatic N) is 1. The molecule has 0 radical (unpaired) electrons. The van der Waals surface area contributed by atoms with Gasteiger partial charge in [0.25, 0.3) is 5.91 Å². The number of carbonyl (C=O) groups is 2. The lowest BCUT2D eigenvalue weighted by molar-refractivity contribution is -0.118. The quantitative estimate of drug-likeness (QED) is 0.783. The van der Waals surface area contributed by atoms with E-state index < -0.39 is 0 Å². The number of rotatable bonds is 7. The highest BCUT2D eigenvalue weighted by Crippen LogP contribution is 2.14. The minimum atomic E-state index is -0.115. The fourth-order valence-electron chi connectivity index (χ4n) is 1.75. The number of benzene rings is 1. The van der Waals surface area contributed by atoms with Crippen LogP contribution < -0.4 is 5.32 Å². The maximum atomic E-state index is 12.4. The first kappa shape index (κ1) is 16.7. The second-order valence-corrected chi connectivity index (χ2v) is 5.01. The molecule has 0 fully saturated rings. The summed E-state index contributed by atoms with van der Waals surface area (Å²) in [6, 6.07) is 6.93. The lowest BCUT2D eigenvalue weighted by Crippen LogP contribution is -2.31. The van der Waals surface area contributed by atoms with Crippen molar-refractivity contribution in [3.8, 4) is 0 Å². The van der Waals surface area contributed by atoms with E-state index >= 15 is 0 Å². The minimum absolute atomic E-state index is 0.0753. The Balaban J connectivity index is 2.92.